The van der Waals surface area contributed by atoms with Crippen molar-refractivity contribution in [2.24, 2.45) is 0 Å². The van der Waals surface area contributed by atoms with Gasteiger partial charge in [0.05, 0.1) is 5.56 Å². The second-order valence-corrected chi connectivity index (χ2v) is 3.14. The third-order valence-corrected chi connectivity index (χ3v) is 2.11. The van der Waals surface area contributed by atoms with Crippen molar-refractivity contribution in [1.29, 1.82) is 0 Å². The lowest BCUT2D eigenvalue weighted by Crippen LogP contribution is -2.27. The zero-order chi connectivity index (χ0) is 12.3. The van der Waals surface area contributed by atoms with E-state index in [1.807, 2.05) is 0 Å². The summed E-state index contributed by atoms with van der Waals surface area (Å²) in [7, 11) is 1.30. The Balaban J connectivity index is 3.27. The van der Waals surface area contributed by atoms with Crippen molar-refractivity contribution in [2.45, 2.75) is 12.2 Å². The molecule has 1 aromatic rings. The van der Waals surface area contributed by atoms with Crippen molar-refractivity contribution >= 4 is 5.97 Å². The van der Waals surface area contributed by atoms with Crippen LogP contribution < -0.4 is 5.32 Å². The minimum Gasteiger partial charge on any atom is -0.480 e. The average Bonchev–Trinajstić information content (AvgIpc) is 2.17. The molecule has 0 radical (unpaired) electrons. The van der Waals surface area contributed by atoms with E-state index >= 15 is 0 Å². The number of carboxylic acids is 1. The number of benzene rings is 1. The summed E-state index contributed by atoms with van der Waals surface area (Å²) in [5, 5.41) is 11.1. The number of halogens is 3. The number of alkyl halides is 3. The Bertz CT molecular complexity index is 390. The summed E-state index contributed by atoms with van der Waals surface area (Å²) >= 11 is 0. The van der Waals surface area contributed by atoms with Crippen LogP contribution in [-0.2, 0) is 11.0 Å². The first kappa shape index (κ1) is 12.5. The van der Waals surface area contributed by atoms with Gasteiger partial charge in [-0.25, -0.2) is 0 Å². The number of carbonyl (C=O) groups is 1. The predicted octanol–water partition coefficient (Wildman–Crippen LogP) is 2.05. The van der Waals surface area contributed by atoms with Crippen LogP contribution in [0.25, 0.3) is 0 Å². The largest absolute Gasteiger partial charge is 0.480 e. The SMILES string of the molecule is CNC(C(=O)O)c1ccccc1C(F)(F)F. The lowest BCUT2D eigenvalue weighted by molar-refractivity contribution is -0.142. The highest BCUT2D eigenvalue weighted by molar-refractivity contribution is 5.76. The Labute approximate surface area is 89.9 Å². The Hall–Kier alpha value is -1.56. The molecule has 0 saturated heterocycles. The van der Waals surface area contributed by atoms with Gasteiger partial charge < -0.3 is 10.4 Å². The zero-order valence-electron chi connectivity index (χ0n) is 8.38. The van der Waals surface area contributed by atoms with Crippen LogP contribution in [0.2, 0.25) is 0 Å². The lowest BCUT2D eigenvalue weighted by atomic mass is 10.00. The molecule has 16 heavy (non-hydrogen) atoms. The zero-order valence-corrected chi connectivity index (χ0v) is 8.38. The van der Waals surface area contributed by atoms with E-state index in [-0.39, 0.29) is 5.56 Å². The molecule has 6 heteroatoms. The lowest BCUT2D eigenvalue weighted by Gasteiger charge is -2.17. The predicted molar refractivity (Wildman–Crippen MR) is 50.9 cm³/mol. The average molecular weight is 233 g/mol. The van der Waals surface area contributed by atoms with Crippen LogP contribution in [0.5, 0.6) is 0 Å². The molecule has 0 bridgehead atoms. The fraction of sp³-hybridized carbons (Fsp3) is 0.300. The van der Waals surface area contributed by atoms with Gasteiger partial charge in [0.25, 0.3) is 0 Å². The summed E-state index contributed by atoms with van der Waals surface area (Å²) in [6.07, 6.45) is -4.55. The molecule has 2 N–H and O–H groups in total. The Morgan fingerprint density at radius 2 is 1.94 bits per heavy atom. The Morgan fingerprint density at radius 1 is 1.38 bits per heavy atom. The van der Waals surface area contributed by atoms with Gasteiger partial charge in [-0.05, 0) is 18.7 Å². The first-order valence-electron chi connectivity index (χ1n) is 4.44. The molecule has 0 amide bonds. The van der Waals surface area contributed by atoms with Crippen LogP contribution in [0.1, 0.15) is 17.2 Å². The number of likely N-dealkylation sites (N-methyl/N-ethyl adjacent to an activating group) is 1. The van der Waals surface area contributed by atoms with Crippen LogP contribution >= 0.6 is 0 Å². The fourth-order valence-corrected chi connectivity index (χ4v) is 1.42. The molecule has 3 nitrogen and oxygen atoms in total. The van der Waals surface area contributed by atoms with Gasteiger partial charge in [0.2, 0.25) is 0 Å². The third-order valence-electron chi connectivity index (χ3n) is 2.11. The highest BCUT2D eigenvalue weighted by Gasteiger charge is 2.36. The second-order valence-electron chi connectivity index (χ2n) is 3.14. The molecule has 0 aliphatic rings. The number of carboxylic acid groups (broad SMARTS) is 1. The number of hydrogen-bond acceptors (Lipinski definition) is 2. The summed E-state index contributed by atoms with van der Waals surface area (Å²) in [5.74, 6) is -1.35. The van der Waals surface area contributed by atoms with E-state index in [1.165, 1.54) is 19.2 Å². The highest BCUT2D eigenvalue weighted by Crippen LogP contribution is 2.34. The summed E-state index contributed by atoms with van der Waals surface area (Å²) in [5.41, 5.74) is -1.22. The molecule has 1 aromatic carbocycles. The Morgan fingerprint density at radius 3 is 2.38 bits per heavy atom. The smallest absolute Gasteiger partial charge is 0.416 e. The maximum absolute atomic E-state index is 12.6. The van der Waals surface area contributed by atoms with Gasteiger partial charge in [-0.3, -0.25) is 4.79 Å². The normalized spacial score (nSPS) is 13.5. The van der Waals surface area contributed by atoms with Crippen molar-refractivity contribution < 1.29 is 23.1 Å². The van der Waals surface area contributed by atoms with Crippen LogP contribution in [-0.4, -0.2) is 18.1 Å². The molecule has 0 aliphatic carbocycles. The van der Waals surface area contributed by atoms with Crippen molar-refractivity contribution in [3.8, 4) is 0 Å². The standard InChI is InChI=1S/C10H10F3NO2/c1-14-8(9(15)16)6-4-2-3-5-7(6)10(11,12)13/h2-5,8,14H,1H3,(H,15,16). The van der Waals surface area contributed by atoms with Gasteiger partial charge >= 0.3 is 12.1 Å². The van der Waals surface area contributed by atoms with Gasteiger partial charge in [0, 0.05) is 0 Å². The van der Waals surface area contributed by atoms with E-state index < -0.39 is 23.8 Å². The second kappa shape index (κ2) is 4.52. The molecule has 0 saturated carbocycles. The maximum atomic E-state index is 12.6. The number of nitrogens with one attached hydrogen (secondary N) is 1. The molecule has 1 atom stereocenters. The molecule has 1 unspecified atom stereocenters. The minimum absolute atomic E-state index is 0.287. The molecule has 1 rings (SSSR count). The monoisotopic (exact) mass is 233 g/mol. The quantitative estimate of drug-likeness (QED) is 0.840. The summed E-state index contributed by atoms with van der Waals surface area (Å²) < 4.78 is 37.8. The number of aliphatic carboxylic acids is 1. The van der Waals surface area contributed by atoms with E-state index in [0.717, 1.165) is 12.1 Å². The molecule has 0 heterocycles. The molecule has 0 aromatic heterocycles. The highest BCUT2D eigenvalue weighted by atomic mass is 19.4. The first-order valence-corrected chi connectivity index (χ1v) is 4.44. The summed E-state index contributed by atoms with van der Waals surface area (Å²) in [6.45, 7) is 0. The van der Waals surface area contributed by atoms with Crippen molar-refractivity contribution in [3.05, 3.63) is 35.4 Å². The van der Waals surface area contributed by atoms with Crippen LogP contribution in [0.4, 0.5) is 13.2 Å². The number of rotatable bonds is 3. The summed E-state index contributed by atoms with van der Waals surface area (Å²) in [4.78, 5) is 10.8. The van der Waals surface area contributed by atoms with Gasteiger partial charge in [-0.15, -0.1) is 0 Å². The van der Waals surface area contributed by atoms with Crippen molar-refractivity contribution in [2.75, 3.05) is 7.05 Å². The molecule has 88 valence electrons. The fourth-order valence-electron chi connectivity index (χ4n) is 1.42. The van der Waals surface area contributed by atoms with Crippen molar-refractivity contribution in [3.63, 3.8) is 0 Å². The third kappa shape index (κ3) is 2.52. The van der Waals surface area contributed by atoms with E-state index in [1.54, 1.807) is 0 Å². The first-order chi connectivity index (χ1) is 7.38. The molecule has 0 spiro atoms. The topological polar surface area (TPSA) is 49.3 Å². The minimum atomic E-state index is -4.55. The van der Waals surface area contributed by atoms with Crippen molar-refractivity contribution in [1.82, 2.24) is 5.32 Å². The van der Waals surface area contributed by atoms with Gasteiger partial charge in [-0.1, -0.05) is 18.2 Å². The maximum Gasteiger partial charge on any atom is 0.416 e. The van der Waals surface area contributed by atoms with Gasteiger partial charge in [0.1, 0.15) is 6.04 Å². The van der Waals surface area contributed by atoms with E-state index in [0.29, 0.717) is 0 Å². The molecular formula is C10H10F3NO2. The van der Waals surface area contributed by atoms with Crippen LogP contribution in [0.3, 0.4) is 0 Å². The number of hydrogen-bond donors (Lipinski definition) is 2. The van der Waals surface area contributed by atoms with E-state index in [2.05, 4.69) is 5.32 Å². The van der Waals surface area contributed by atoms with Gasteiger partial charge in [-0.2, -0.15) is 13.2 Å². The summed E-state index contributed by atoms with van der Waals surface area (Å²) in [6, 6.07) is 3.25. The Kier molecular flexibility index (Phi) is 3.54. The molecule has 0 fully saturated rings. The van der Waals surface area contributed by atoms with Gasteiger partial charge in [0.15, 0.2) is 0 Å². The van der Waals surface area contributed by atoms with Crippen LogP contribution in [0, 0.1) is 0 Å². The van der Waals surface area contributed by atoms with Crippen LogP contribution in [0.15, 0.2) is 24.3 Å². The molecule has 0 aliphatic heterocycles. The molecular weight excluding hydrogens is 223 g/mol. The van der Waals surface area contributed by atoms with E-state index in [9.17, 15) is 18.0 Å². The van der Waals surface area contributed by atoms with E-state index in [4.69, 9.17) is 5.11 Å².